The average Bonchev–Trinajstić information content (AvgIpc) is 3.21. The van der Waals surface area contributed by atoms with Crippen molar-refractivity contribution in [3.05, 3.63) is 35.9 Å². The lowest BCUT2D eigenvalue weighted by Crippen LogP contribution is -2.61. The molecule has 11 nitrogen and oxygen atoms in total. The summed E-state index contributed by atoms with van der Waals surface area (Å²) >= 11 is 18.2. The molecule has 0 aromatic heterocycles. The van der Waals surface area contributed by atoms with Crippen molar-refractivity contribution < 1.29 is 29.4 Å². The maximum Gasteiger partial charge on any atom is 0.248 e. The maximum absolute atomic E-state index is 13.6. The van der Waals surface area contributed by atoms with E-state index in [4.69, 9.17) is 35.4 Å². The van der Waals surface area contributed by atoms with Gasteiger partial charge in [-0.2, -0.15) is 0 Å². The lowest BCUT2D eigenvalue weighted by atomic mass is 10.0. The topological polar surface area (TPSA) is 160 Å². The molecule has 8 atom stereocenters. The standard InChI is InChI=1S/C25H33Cl2N5O6S/c1-3-15-22(36)29-17(11-33)24(39)30-16(13-7-5-4-6-8-13)9-18(35)31-20(12(2)34)25(38)32-10-14(26)19(27)21(32)23(37)28-15/h4-8,12,14-17,19-21,33-34H,3,9-11H2,1-2H3,(H,28,37)(H,29,36)(H,30,39)(H,31,35)/t12-,14+,15-,16+,17-,19+,20-,21-/m0/s1. The lowest BCUT2D eigenvalue weighted by Gasteiger charge is -2.32. The van der Waals surface area contributed by atoms with Crippen LogP contribution in [0, 0.1) is 0 Å². The Labute approximate surface area is 242 Å². The number of nitrogens with zero attached hydrogens (tertiary/aromatic N) is 1. The van der Waals surface area contributed by atoms with Crippen LogP contribution in [0.25, 0.3) is 0 Å². The Morgan fingerprint density at radius 3 is 2.26 bits per heavy atom. The van der Waals surface area contributed by atoms with E-state index < -0.39 is 77.3 Å². The van der Waals surface area contributed by atoms with Crippen LogP contribution < -0.4 is 21.3 Å². The van der Waals surface area contributed by atoms with Crippen molar-refractivity contribution >= 4 is 64.0 Å². The molecule has 0 spiro atoms. The maximum atomic E-state index is 13.6. The molecule has 2 saturated heterocycles. The number of carbonyl (C=O) groups excluding carboxylic acids is 4. The van der Waals surface area contributed by atoms with Gasteiger partial charge in [-0.25, -0.2) is 0 Å². The van der Waals surface area contributed by atoms with Crippen molar-refractivity contribution in [3.8, 4) is 0 Å². The number of amides is 4. The fraction of sp³-hybridized carbons (Fsp3) is 0.560. The summed E-state index contributed by atoms with van der Waals surface area (Å²) in [5.74, 6) is -2.66. The molecular formula is C25H33Cl2N5O6S. The Bertz CT molecular complexity index is 1080. The van der Waals surface area contributed by atoms with Gasteiger partial charge >= 0.3 is 0 Å². The summed E-state index contributed by atoms with van der Waals surface area (Å²) in [4.78, 5) is 54.3. The van der Waals surface area contributed by atoms with Gasteiger partial charge < -0.3 is 36.4 Å². The van der Waals surface area contributed by atoms with Gasteiger partial charge in [-0.05, 0) is 18.9 Å². The number of aliphatic hydroxyl groups excluding tert-OH is 2. The Hall–Kier alpha value is -2.51. The average molecular weight is 603 g/mol. The van der Waals surface area contributed by atoms with Gasteiger partial charge in [0.05, 0.1) is 35.9 Å². The molecule has 0 radical (unpaired) electrons. The molecule has 0 aliphatic carbocycles. The number of alkyl halides is 2. The van der Waals surface area contributed by atoms with Gasteiger partial charge in [0.25, 0.3) is 0 Å². The fourth-order valence-corrected chi connectivity index (χ4v) is 5.45. The number of hydrogen-bond donors (Lipinski definition) is 6. The second-order valence-electron chi connectivity index (χ2n) is 9.57. The Morgan fingerprint density at radius 2 is 1.67 bits per heavy atom. The van der Waals surface area contributed by atoms with Crippen LogP contribution in [-0.4, -0.2) is 97.9 Å². The zero-order valence-corrected chi connectivity index (χ0v) is 23.8. The summed E-state index contributed by atoms with van der Waals surface area (Å²) in [5, 5.41) is 29.5. The second kappa shape index (κ2) is 13.7. The van der Waals surface area contributed by atoms with E-state index in [9.17, 15) is 29.4 Å². The number of thiocarbonyl (C=S) groups is 1. The first-order valence-corrected chi connectivity index (χ1v) is 13.9. The third-order valence-electron chi connectivity index (χ3n) is 6.74. The summed E-state index contributed by atoms with van der Waals surface area (Å²) in [7, 11) is 0. The SMILES string of the molecule is CC[C@@H]1NC(=O)[C@@H]2[C@H](Cl)[C@H](Cl)CN2C(=O)[C@H]([C@H](C)O)NC(=O)C[C@H](c2ccccc2)NC(=S)[C@H](CO)NC1=O. The molecule has 1 aromatic carbocycles. The summed E-state index contributed by atoms with van der Waals surface area (Å²) in [6.45, 7) is 2.37. The largest absolute Gasteiger partial charge is 0.394 e. The number of aliphatic hydroxyl groups is 2. The van der Waals surface area contributed by atoms with Crippen LogP contribution in [-0.2, 0) is 19.2 Å². The highest BCUT2D eigenvalue weighted by Gasteiger charge is 2.49. The highest BCUT2D eigenvalue weighted by Crippen LogP contribution is 2.29. The van der Waals surface area contributed by atoms with E-state index >= 15 is 0 Å². The molecule has 0 saturated carbocycles. The summed E-state index contributed by atoms with van der Waals surface area (Å²) in [5.41, 5.74) is 0.687. The zero-order valence-electron chi connectivity index (χ0n) is 21.5. The molecule has 2 aliphatic heterocycles. The summed E-state index contributed by atoms with van der Waals surface area (Å²) < 4.78 is 0. The van der Waals surface area contributed by atoms with E-state index in [1.54, 1.807) is 37.3 Å². The van der Waals surface area contributed by atoms with Crippen LogP contribution >= 0.6 is 35.4 Å². The Balaban J connectivity index is 2.03. The Morgan fingerprint density at radius 1 is 1.03 bits per heavy atom. The molecule has 0 bridgehead atoms. The number of carbonyl (C=O) groups is 4. The van der Waals surface area contributed by atoms with Crippen LogP contribution in [0.15, 0.2) is 30.3 Å². The van der Waals surface area contributed by atoms with Crippen LogP contribution in [0.1, 0.15) is 38.3 Å². The predicted molar refractivity (Wildman–Crippen MR) is 149 cm³/mol. The molecule has 1 aromatic rings. The minimum Gasteiger partial charge on any atom is -0.394 e. The molecule has 3 rings (SSSR count). The molecule has 0 unspecified atom stereocenters. The van der Waals surface area contributed by atoms with E-state index in [1.165, 1.54) is 6.92 Å². The first-order valence-electron chi connectivity index (χ1n) is 12.6. The fourth-order valence-electron chi connectivity index (χ4n) is 4.56. The van der Waals surface area contributed by atoms with Crippen molar-refractivity contribution in [1.82, 2.24) is 26.2 Å². The van der Waals surface area contributed by atoms with Crippen LogP contribution in [0.3, 0.4) is 0 Å². The molecule has 39 heavy (non-hydrogen) atoms. The molecule has 214 valence electrons. The highest BCUT2D eigenvalue weighted by atomic mass is 35.5. The van der Waals surface area contributed by atoms with Crippen molar-refractivity contribution in [2.24, 2.45) is 0 Å². The highest BCUT2D eigenvalue weighted by molar-refractivity contribution is 7.80. The second-order valence-corrected chi connectivity index (χ2v) is 11.1. The number of benzene rings is 1. The smallest absolute Gasteiger partial charge is 0.248 e. The van der Waals surface area contributed by atoms with E-state index in [0.717, 1.165) is 4.90 Å². The van der Waals surface area contributed by atoms with Gasteiger partial charge in [-0.15, -0.1) is 23.2 Å². The molecule has 2 fully saturated rings. The molecule has 4 amide bonds. The first-order chi connectivity index (χ1) is 18.5. The van der Waals surface area contributed by atoms with Gasteiger partial charge in [-0.3, -0.25) is 19.2 Å². The van der Waals surface area contributed by atoms with Gasteiger partial charge in [0, 0.05) is 6.54 Å². The van der Waals surface area contributed by atoms with Gasteiger partial charge in [0.1, 0.15) is 29.2 Å². The van der Waals surface area contributed by atoms with E-state index in [0.29, 0.717) is 5.56 Å². The van der Waals surface area contributed by atoms with Crippen LogP contribution in [0.2, 0.25) is 0 Å². The van der Waals surface area contributed by atoms with Crippen LogP contribution in [0.4, 0.5) is 0 Å². The minimum atomic E-state index is -1.40. The number of hydrogen-bond acceptors (Lipinski definition) is 7. The third kappa shape index (κ3) is 7.37. The van der Waals surface area contributed by atoms with E-state index in [2.05, 4.69) is 21.3 Å². The molecular weight excluding hydrogens is 569 g/mol. The quantitative estimate of drug-likeness (QED) is 0.203. The predicted octanol–water partition coefficient (Wildman–Crippen LogP) is -0.288. The molecule has 2 aliphatic rings. The lowest BCUT2D eigenvalue weighted by molar-refractivity contribution is -0.144. The van der Waals surface area contributed by atoms with E-state index in [1.807, 2.05) is 0 Å². The van der Waals surface area contributed by atoms with Crippen molar-refractivity contribution in [2.45, 2.75) is 73.8 Å². The minimum absolute atomic E-state index is 0.0664. The van der Waals surface area contributed by atoms with Crippen molar-refractivity contribution in [2.75, 3.05) is 13.2 Å². The van der Waals surface area contributed by atoms with Gasteiger partial charge in [-0.1, -0.05) is 49.5 Å². The van der Waals surface area contributed by atoms with Gasteiger partial charge in [0.15, 0.2) is 0 Å². The first kappa shape index (κ1) is 31.0. The normalized spacial score (nSPS) is 32.0. The van der Waals surface area contributed by atoms with Crippen molar-refractivity contribution in [1.29, 1.82) is 0 Å². The van der Waals surface area contributed by atoms with Gasteiger partial charge in [0.2, 0.25) is 23.6 Å². The number of rotatable bonds is 4. The van der Waals surface area contributed by atoms with Crippen molar-refractivity contribution in [3.63, 3.8) is 0 Å². The molecule has 6 N–H and O–H groups in total. The third-order valence-corrected chi connectivity index (χ3v) is 8.22. The van der Waals surface area contributed by atoms with E-state index in [-0.39, 0.29) is 24.4 Å². The summed E-state index contributed by atoms with van der Waals surface area (Å²) in [6.07, 6.45) is -1.33. The molecule has 14 heteroatoms. The number of fused-ring (bicyclic) bond motifs is 1. The Kier molecular flexibility index (Phi) is 10.9. The molecule has 2 heterocycles. The summed E-state index contributed by atoms with van der Waals surface area (Å²) in [6, 6.07) is 3.50. The number of nitrogens with one attached hydrogen (secondary N) is 4. The zero-order chi connectivity index (χ0) is 28.9. The monoisotopic (exact) mass is 601 g/mol. The number of halogens is 2. The van der Waals surface area contributed by atoms with Crippen LogP contribution in [0.5, 0.6) is 0 Å².